The van der Waals surface area contributed by atoms with E-state index in [1.165, 1.54) is 0 Å². The zero-order valence-electron chi connectivity index (χ0n) is 15.1. The number of ether oxygens (including phenoxy) is 1. The Morgan fingerprint density at radius 2 is 1.59 bits per heavy atom. The lowest BCUT2D eigenvalue weighted by atomic mass is 9.81. The molecule has 1 aliphatic heterocycles. The molecular weight excluding hydrogens is 368 g/mol. The van der Waals surface area contributed by atoms with Gasteiger partial charge in [-0.05, 0) is 25.0 Å². The second-order valence-corrected chi connectivity index (χ2v) is 7.35. The van der Waals surface area contributed by atoms with E-state index in [9.17, 15) is 19.8 Å². The van der Waals surface area contributed by atoms with Crippen molar-refractivity contribution in [2.45, 2.75) is 43.6 Å². The number of alkyl halides is 1. The molecule has 0 aromatic heterocycles. The van der Waals surface area contributed by atoms with E-state index in [0.29, 0.717) is 22.3 Å². The van der Waals surface area contributed by atoms with Gasteiger partial charge in [0.15, 0.2) is 17.2 Å². The van der Waals surface area contributed by atoms with Gasteiger partial charge in [0.25, 0.3) is 0 Å². The Labute approximate surface area is 162 Å². The van der Waals surface area contributed by atoms with Crippen LogP contribution in [0.1, 0.15) is 38.3 Å². The van der Waals surface area contributed by atoms with Crippen molar-refractivity contribution in [1.29, 1.82) is 0 Å². The fourth-order valence-corrected chi connectivity index (χ4v) is 3.79. The summed E-state index contributed by atoms with van der Waals surface area (Å²) in [4.78, 5) is 25.8. The fourth-order valence-electron chi connectivity index (χ4n) is 3.45. The van der Waals surface area contributed by atoms with Crippen molar-refractivity contribution in [1.82, 2.24) is 0 Å². The maximum absolute atomic E-state index is 13.1. The van der Waals surface area contributed by atoms with Crippen molar-refractivity contribution in [2.24, 2.45) is 0 Å². The van der Waals surface area contributed by atoms with Gasteiger partial charge in [0.05, 0.1) is 0 Å². The summed E-state index contributed by atoms with van der Waals surface area (Å²) in [6.07, 6.45) is -3.41. The van der Waals surface area contributed by atoms with Crippen LogP contribution in [-0.4, -0.2) is 45.2 Å². The molecule has 0 bridgehead atoms. The second kappa shape index (κ2) is 7.52. The molecule has 1 saturated heterocycles. The van der Waals surface area contributed by atoms with Crippen LogP contribution >= 0.6 is 11.6 Å². The summed E-state index contributed by atoms with van der Waals surface area (Å²) in [6, 6.07) is 13.6. The largest absolute Gasteiger partial charge is 0.382 e. The first-order valence-electron chi connectivity index (χ1n) is 8.66. The summed E-state index contributed by atoms with van der Waals surface area (Å²) in [5.41, 5.74) is -1.14. The lowest BCUT2D eigenvalue weighted by Gasteiger charge is -2.30. The molecule has 1 aliphatic rings. The minimum Gasteiger partial charge on any atom is -0.382 e. The molecular formula is C21H21ClO5. The number of aliphatic hydroxyl groups excluding tert-OH is 1. The second-order valence-electron chi connectivity index (χ2n) is 6.86. The topological polar surface area (TPSA) is 83.8 Å². The molecule has 0 spiro atoms. The lowest BCUT2D eigenvalue weighted by Crippen LogP contribution is -2.54. The highest BCUT2D eigenvalue weighted by Gasteiger charge is 2.56. The molecule has 4 atom stereocenters. The van der Waals surface area contributed by atoms with Crippen LogP contribution in [0.5, 0.6) is 0 Å². The molecule has 142 valence electrons. The predicted octanol–water partition coefficient (Wildman–Crippen LogP) is 2.81. The minimum atomic E-state index is -2.10. The van der Waals surface area contributed by atoms with E-state index in [-0.39, 0.29) is 6.42 Å². The van der Waals surface area contributed by atoms with Gasteiger partial charge in [0.2, 0.25) is 0 Å². The zero-order valence-corrected chi connectivity index (χ0v) is 15.8. The summed E-state index contributed by atoms with van der Waals surface area (Å²) in [5.74, 6) is -1.25. The van der Waals surface area contributed by atoms with E-state index in [0.717, 1.165) is 0 Å². The van der Waals surface area contributed by atoms with E-state index < -0.39 is 34.9 Å². The summed E-state index contributed by atoms with van der Waals surface area (Å²) >= 11 is 6.03. The van der Waals surface area contributed by atoms with Gasteiger partial charge in [-0.3, -0.25) is 9.59 Å². The van der Waals surface area contributed by atoms with Gasteiger partial charge in [-0.1, -0.05) is 60.1 Å². The van der Waals surface area contributed by atoms with Gasteiger partial charge in [0.1, 0.15) is 17.8 Å². The molecule has 2 aromatic rings. The molecule has 6 heteroatoms. The highest BCUT2D eigenvalue weighted by molar-refractivity contribution is 6.20. The minimum absolute atomic E-state index is 0.218. The van der Waals surface area contributed by atoms with E-state index in [1.807, 2.05) is 0 Å². The van der Waals surface area contributed by atoms with Crippen molar-refractivity contribution < 1.29 is 24.5 Å². The third kappa shape index (κ3) is 3.56. The van der Waals surface area contributed by atoms with Crippen LogP contribution in [0.4, 0.5) is 0 Å². The van der Waals surface area contributed by atoms with Crippen LogP contribution in [0.15, 0.2) is 48.5 Å². The summed E-state index contributed by atoms with van der Waals surface area (Å²) in [7, 11) is 0. The molecule has 1 fully saturated rings. The summed E-state index contributed by atoms with van der Waals surface area (Å²) in [5, 5.41) is 21.8. The summed E-state index contributed by atoms with van der Waals surface area (Å²) in [6.45, 7) is 3.49. The van der Waals surface area contributed by atoms with Crippen molar-refractivity contribution in [3.8, 4) is 0 Å². The van der Waals surface area contributed by atoms with Crippen molar-refractivity contribution >= 4 is 23.2 Å². The number of hydrogen-bond donors (Lipinski definition) is 2. The molecule has 2 aromatic carbocycles. The Morgan fingerprint density at radius 1 is 1.07 bits per heavy atom. The molecule has 1 heterocycles. The maximum atomic E-state index is 13.1. The molecule has 3 rings (SSSR count). The Bertz CT molecular complexity index is 880. The van der Waals surface area contributed by atoms with E-state index in [1.54, 1.807) is 62.4 Å². The van der Waals surface area contributed by atoms with Crippen LogP contribution in [0.3, 0.4) is 0 Å². The van der Waals surface area contributed by atoms with Gasteiger partial charge in [-0.15, -0.1) is 0 Å². The van der Waals surface area contributed by atoms with Gasteiger partial charge >= 0.3 is 0 Å². The molecule has 5 nitrogen and oxygen atoms in total. The summed E-state index contributed by atoms with van der Waals surface area (Å²) < 4.78 is 5.43. The Hall–Kier alpha value is -2.05. The quantitative estimate of drug-likeness (QED) is 0.607. The third-order valence-electron chi connectivity index (χ3n) is 4.99. The predicted molar refractivity (Wildman–Crippen MR) is 101 cm³/mol. The number of halogens is 1. The molecule has 0 amide bonds. The van der Waals surface area contributed by atoms with E-state index in [2.05, 4.69) is 0 Å². The SMILES string of the molecule is Cc1ccccc1C(=O)C(O)[C@@H]1O[C@@H](Cl)C[C@]1(O)C(=O)c1ccccc1C. The number of Topliss-reactive ketones (excluding diaryl/α,β-unsaturated/α-hetero) is 2. The average molecular weight is 389 g/mol. The normalized spacial score (nSPS) is 26.0. The lowest BCUT2D eigenvalue weighted by molar-refractivity contribution is -0.0716. The first kappa shape index (κ1) is 19.7. The number of benzene rings is 2. The number of carbonyl (C=O) groups is 2. The molecule has 1 unspecified atom stereocenters. The van der Waals surface area contributed by atoms with Crippen LogP contribution in [0.25, 0.3) is 0 Å². The number of aliphatic hydroxyl groups is 2. The van der Waals surface area contributed by atoms with E-state index in [4.69, 9.17) is 16.3 Å². The van der Waals surface area contributed by atoms with Crippen molar-refractivity contribution in [3.05, 3.63) is 70.8 Å². The van der Waals surface area contributed by atoms with Crippen LogP contribution in [0.2, 0.25) is 0 Å². The number of hydrogen-bond acceptors (Lipinski definition) is 5. The van der Waals surface area contributed by atoms with Gasteiger partial charge in [0, 0.05) is 17.5 Å². The molecule has 27 heavy (non-hydrogen) atoms. The number of carbonyl (C=O) groups excluding carboxylic acids is 2. The van der Waals surface area contributed by atoms with Gasteiger partial charge in [-0.2, -0.15) is 0 Å². The molecule has 0 radical (unpaired) electrons. The molecule has 0 saturated carbocycles. The highest BCUT2D eigenvalue weighted by Crippen LogP contribution is 2.38. The first-order valence-corrected chi connectivity index (χ1v) is 9.09. The van der Waals surface area contributed by atoms with Gasteiger partial charge < -0.3 is 14.9 Å². The highest BCUT2D eigenvalue weighted by atomic mass is 35.5. The number of ketones is 2. The van der Waals surface area contributed by atoms with Crippen LogP contribution < -0.4 is 0 Å². The zero-order chi connectivity index (χ0) is 19.8. The Morgan fingerprint density at radius 3 is 2.15 bits per heavy atom. The Balaban J connectivity index is 1.96. The van der Waals surface area contributed by atoms with E-state index >= 15 is 0 Å². The van der Waals surface area contributed by atoms with Crippen molar-refractivity contribution in [3.63, 3.8) is 0 Å². The number of aryl methyl sites for hydroxylation is 2. The maximum Gasteiger partial charge on any atom is 0.197 e. The van der Waals surface area contributed by atoms with Gasteiger partial charge in [-0.25, -0.2) is 0 Å². The molecule has 0 aliphatic carbocycles. The third-order valence-corrected chi connectivity index (χ3v) is 5.24. The van der Waals surface area contributed by atoms with Crippen LogP contribution in [0, 0.1) is 13.8 Å². The first-order chi connectivity index (χ1) is 12.8. The molecule has 2 N–H and O–H groups in total. The smallest absolute Gasteiger partial charge is 0.197 e. The Kier molecular flexibility index (Phi) is 5.49. The van der Waals surface area contributed by atoms with Crippen LogP contribution in [-0.2, 0) is 4.74 Å². The standard InChI is InChI=1S/C21H21ClO5/c1-12-7-3-5-9-14(12)17(23)18(24)20-21(26,11-16(22)27-20)19(25)15-10-6-4-8-13(15)2/h3-10,16,18,20,24,26H,11H2,1-2H3/t16-,18?,20+,21+/m1/s1. The average Bonchev–Trinajstić information content (AvgIpc) is 2.96. The van der Waals surface area contributed by atoms with Crippen molar-refractivity contribution in [2.75, 3.05) is 0 Å². The monoisotopic (exact) mass is 388 g/mol. The number of rotatable bonds is 5. The fraction of sp³-hybridized carbons (Fsp3) is 0.333.